The number of nitrogens with one attached hydrogen (secondary N) is 2. The molecule has 0 saturated heterocycles. The molecule has 120 valence electrons. The molecular weight excluding hydrogens is 306 g/mol. The Kier molecular flexibility index (Phi) is 3.47. The van der Waals surface area contributed by atoms with E-state index in [-0.39, 0.29) is 5.91 Å². The average Bonchev–Trinajstić information content (AvgIpc) is 2.86. The predicted molar refractivity (Wildman–Crippen MR) is 88.8 cm³/mol. The van der Waals surface area contributed by atoms with Crippen LogP contribution in [0.15, 0.2) is 42.7 Å². The van der Waals surface area contributed by atoms with Crippen LogP contribution >= 0.6 is 0 Å². The third-order valence-electron chi connectivity index (χ3n) is 3.85. The van der Waals surface area contributed by atoms with Gasteiger partial charge in [0.25, 0.3) is 5.91 Å². The maximum atomic E-state index is 12.1. The molecule has 0 aliphatic carbocycles. The van der Waals surface area contributed by atoms with Crippen molar-refractivity contribution in [1.82, 2.24) is 25.4 Å². The summed E-state index contributed by atoms with van der Waals surface area (Å²) in [5.41, 5.74) is 9.77. The van der Waals surface area contributed by atoms with Gasteiger partial charge >= 0.3 is 0 Å². The molecule has 1 aliphatic rings. The van der Waals surface area contributed by atoms with Crippen LogP contribution in [0, 0.1) is 0 Å². The lowest BCUT2D eigenvalue weighted by molar-refractivity contribution is 0.0941. The first-order valence-corrected chi connectivity index (χ1v) is 7.47. The van der Waals surface area contributed by atoms with Crippen LogP contribution in [0.5, 0.6) is 0 Å². The minimum Gasteiger partial charge on any atom is -0.378 e. The summed E-state index contributed by atoms with van der Waals surface area (Å²) < 4.78 is 6.99. The molecule has 1 aromatic carbocycles. The van der Waals surface area contributed by atoms with Crippen LogP contribution in [-0.4, -0.2) is 27.6 Å². The van der Waals surface area contributed by atoms with Crippen molar-refractivity contribution in [2.45, 2.75) is 6.61 Å². The standard InChI is InChI=1S/C17H15N5O2/c1-24-10-13-15(11-5-3-2-4-6-11)16-18-9-12-14(22(16)21-13)7-8-19-20-17(12)23/h2-9,19H,10H2,1H3,(H,20,23). The van der Waals surface area contributed by atoms with Crippen molar-refractivity contribution < 1.29 is 9.53 Å². The molecule has 24 heavy (non-hydrogen) atoms. The normalized spacial score (nSPS) is 13.3. The van der Waals surface area contributed by atoms with E-state index in [1.807, 2.05) is 30.3 Å². The number of aromatic nitrogens is 3. The van der Waals surface area contributed by atoms with Crippen LogP contribution in [-0.2, 0) is 11.3 Å². The van der Waals surface area contributed by atoms with Gasteiger partial charge in [0.05, 0.1) is 29.1 Å². The second-order valence-corrected chi connectivity index (χ2v) is 5.35. The summed E-state index contributed by atoms with van der Waals surface area (Å²) in [5.74, 6) is -0.255. The Balaban J connectivity index is 2.04. The maximum Gasteiger partial charge on any atom is 0.273 e. The number of fused-ring (bicyclic) bond motifs is 3. The number of rotatable bonds is 3. The van der Waals surface area contributed by atoms with Crippen molar-refractivity contribution in [2.75, 3.05) is 7.11 Å². The van der Waals surface area contributed by atoms with Gasteiger partial charge in [-0.25, -0.2) is 9.50 Å². The molecule has 1 aliphatic heterocycles. The number of amides is 1. The quantitative estimate of drug-likeness (QED) is 0.768. The summed E-state index contributed by atoms with van der Waals surface area (Å²) >= 11 is 0. The lowest BCUT2D eigenvalue weighted by Crippen LogP contribution is -2.32. The van der Waals surface area contributed by atoms with Crippen LogP contribution < -0.4 is 10.9 Å². The number of ether oxygens (including phenoxy) is 1. The molecule has 2 aromatic heterocycles. The second kappa shape index (κ2) is 5.78. The van der Waals surface area contributed by atoms with E-state index in [1.54, 1.807) is 30.1 Å². The predicted octanol–water partition coefficient (Wildman–Crippen LogP) is 1.76. The molecule has 3 aromatic rings. The highest BCUT2D eigenvalue weighted by atomic mass is 16.5. The summed E-state index contributed by atoms with van der Waals surface area (Å²) in [5, 5.41) is 4.64. The fourth-order valence-corrected chi connectivity index (χ4v) is 2.81. The maximum absolute atomic E-state index is 12.1. The van der Waals surface area contributed by atoms with E-state index >= 15 is 0 Å². The second-order valence-electron chi connectivity index (χ2n) is 5.35. The largest absolute Gasteiger partial charge is 0.378 e. The van der Waals surface area contributed by atoms with Gasteiger partial charge in [0.15, 0.2) is 5.65 Å². The van der Waals surface area contributed by atoms with Crippen LogP contribution in [0.25, 0.3) is 22.9 Å². The molecular formula is C17H15N5O2. The van der Waals surface area contributed by atoms with Crippen molar-refractivity contribution >= 4 is 17.6 Å². The Morgan fingerprint density at radius 2 is 2.08 bits per heavy atom. The zero-order valence-electron chi connectivity index (χ0n) is 13.0. The Morgan fingerprint density at radius 3 is 2.88 bits per heavy atom. The summed E-state index contributed by atoms with van der Waals surface area (Å²) in [6, 6.07) is 9.91. The smallest absolute Gasteiger partial charge is 0.273 e. The molecule has 0 bridgehead atoms. The first kappa shape index (κ1) is 14.4. The van der Waals surface area contributed by atoms with E-state index in [0.29, 0.717) is 23.5 Å². The molecule has 0 spiro atoms. The van der Waals surface area contributed by atoms with Gasteiger partial charge in [-0.3, -0.25) is 10.2 Å². The highest BCUT2D eigenvalue weighted by Gasteiger charge is 2.21. The monoisotopic (exact) mass is 321 g/mol. The first-order chi connectivity index (χ1) is 11.8. The van der Waals surface area contributed by atoms with Gasteiger partial charge in [0.1, 0.15) is 0 Å². The number of carbonyl (C=O) groups is 1. The molecule has 0 atom stereocenters. The summed E-state index contributed by atoms with van der Waals surface area (Å²) in [6.07, 6.45) is 5.02. The average molecular weight is 321 g/mol. The van der Waals surface area contributed by atoms with Crippen molar-refractivity contribution in [3.63, 3.8) is 0 Å². The first-order valence-electron chi connectivity index (χ1n) is 7.47. The number of nitrogens with zero attached hydrogens (tertiary/aromatic N) is 3. The molecule has 4 rings (SSSR count). The number of benzene rings is 1. The van der Waals surface area contributed by atoms with E-state index in [1.165, 1.54) is 0 Å². The molecule has 0 unspecified atom stereocenters. The Morgan fingerprint density at radius 1 is 1.25 bits per heavy atom. The molecule has 0 radical (unpaired) electrons. The van der Waals surface area contributed by atoms with Gasteiger partial charge in [0, 0.05) is 19.5 Å². The fourth-order valence-electron chi connectivity index (χ4n) is 2.81. The van der Waals surface area contributed by atoms with E-state index < -0.39 is 0 Å². The Bertz CT molecular complexity index is 947. The van der Waals surface area contributed by atoms with Crippen molar-refractivity contribution in [2.24, 2.45) is 0 Å². The van der Waals surface area contributed by atoms with Gasteiger partial charge in [-0.05, 0) is 11.6 Å². The number of hydrazine groups is 1. The zero-order chi connectivity index (χ0) is 16.5. The molecule has 2 N–H and O–H groups in total. The van der Waals surface area contributed by atoms with Gasteiger partial charge in [-0.2, -0.15) is 5.10 Å². The van der Waals surface area contributed by atoms with Crippen molar-refractivity contribution in [3.05, 3.63) is 59.7 Å². The molecule has 7 nitrogen and oxygen atoms in total. The number of methoxy groups -OCH3 is 1. The van der Waals surface area contributed by atoms with E-state index in [0.717, 1.165) is 16.8 Å². The Labute approximate surface area is 137 Å². The number of hydrogen-bond donors (Lipinski definition) is 2. The topological polar surface area (TPSA) is 80.5 Å². The fraction of sp³-hybridized carbons (Fsp3) is 0.118. The minimum atomic E-state index is -0.255. The van der Waals surface area contributed by atoms with Crippen LogP contribution in [0.1, 0.15) is 21.7 Å². The number of hydrogen-bond acceptors (Lipinski definition) is 5. The van der Waals surface area contributed by atoms with Crippen molar-refractivity contribution in [3.8, 4) is 11.1 Å². The van der Waals surface area contributed by atoms with Crippen molar-refractivity contribution in [1.29, 1.82) is 0 Å². The lowest BCUT2D eigenvalue weighted by Gasteiger charge is -2.05. The summed E-state index contributed by atoms with van der Waals surface area (Å²) in [4.78, 5) is 16.6. The molecule has 0 saturated carbocycles. The van der Waals surface area contributed by atoms with Gasteiger partial charge in [-0.15, -0.1) is 0 Å². The van der Waals surface area contributed by atoms with Crippen LogP contribution in [0.3, 0.4) is 0 Å². The number of carbonyl (C=O) groups excluding carboxylic acids is 1. The molecule has 1 amide bonds. The van der Waals surface area contributed by atoms with Gasteiger partial charge < -0.3 is 10.2 Å². The minimum absolute atomic E-state index is 0.255. The highest BCUT2D eigenvalue weighted by molar-refractivity contribution is 5.98. The molecule has 7 heteroatoms. The van der Waals surface area contributed by atoms with E-state index in [4.69, 9.17) is 4.74 Å². The van der Waals surface area contributed by atoms with E-state index in [2.05, 4.69) is 20.9 Å². The lowest BCUT2D eigenvalue weighted by atomic mass is 10.1. The van der Waals surface area contributed by atoms with Gasteiger partial charge in [0.2, 0.25) is 0 Å². The van der Waals surface area contributed by atoms with Crippen LogP contribution in [0.4, 0.5) is 0 Å². The van der Waals surface area contributed by atoms with Gasteiger partial charge in [-0.1, -0.05) is 30.3 Å². The SMILES string of the molecule is COCc1nn2c3c(cnc2c1-c1ccccc1)C(=O)NNC=C3. The third-order valence-corrected chi connectivity index (χ3v) is 3.85. The molecule has 0 fully saturated rings. The summed E-state index contributed by atoms with van der Waals surface area (Å²) in [6.45, 7) is 0.358. The third kappa shape index (κ3) is 2.22. The van der Waals surface area contributed by atoms with E-state index in [9.17, 15) is 4.79 Å². The molecule has 3 heterocycles. The van der Waals surface area contributed by atoms with Crippen LogP contribution in [0.2, 0.25) is 0 Å². The summed E-state index contributed by atoms with van der Waals surface area (Å²) in [7, 11) is 1.63. The Hall–Kier alpha value is -3.19. The zero-order valence-corrected chi connectivity index (χ0v) is 13.0. The highest BCUT2D eigenvalue weighted by Crippen LogP contribution is 2.29.